The number of rotatable bonds is 2. The first-order chi connectivity index (χ1) is 7.45. The van der Waals surface area contributed by atoms with Gasteiger partial charge in [0.05, 0.1) is 21.7 Å². The molecule has 0 aliphatic rings. The molecule has 1 heterocycles. The second-order valence-corrected chi connectivity index (χ2v) is 6.05. The summed E-state index contributed by atoms with van der Waals surface area (Å²) in [6.45, 7) is 3.54. The molecule has 0 saturated heterocycles. The molecule has 2 rings (SSSR count). The van der Waals surface area contributed by atoms with E-state index in [2.05, 4.69) is 4.98 Å². The molecule has 16 heavy (non-hydrogen) atoms. The lowest BCUT2D eigenvalue weighted by Gasteiger charge is -2.01. The second kappa shape index (κ2) is 3.59. The van der Waals surface area contributed by atoms with Crippen LogP contribution in [0.1, 0.15) is 12.7 Å². The second-order valence-electron chi connectivity index (χ2n) is 3.77. The van der Waals surface area contributed by atoms with Gasteiger partial charge in [0.25, 0.3) is 0 Å². The van der Waals surface area contributed by atoms with Crippen molar-refractivity contribution in [3.63, 3.8) is 0 Å². The van der Waals surface area contributed by atoms with E-state index >= 15 is 0 Å². The molecule has 0 N–H and O–H groups in total. The first-order valence-electron chi connectivity index (χ1n) is 5.11. The third-order valence-corrected chi connectivity index (χ3v) is 4.55. The summed E-state index contributed by atoms with van der Waals surface area (Å²) in [6, 6.07) is 5.08. The minimum Gasteiger partial charge on any atom is -0.331 e. The van der Waals surface area contributed by atoms with Gasteiger partial charge in [-0.15, -0.1) is 0 Å². The van der Waals surface area contributed by atoms with Crippen LogP contribution in [0.3, 0.4) is 0 Å². The van der Waals surface area contributed by atoms with Crippen LogP contribution in [0.2, 0.25) is 0 Å². The standard InChI is InChI=1S/C11H14N2O2S/c1-4-16(14,15)9-5-6-11-10(7-9)12-8(2)13(11)3/h5-7H,4H2,1-3H3. The molecule has 0 spiro atoms. The van der Waals surface area contributed by atoms with Crippen molar-refractivity contribution >= 4 is 20.9 Å². The van der Waals surface area contributed by atoms with Gasteiger partial charge in [-0.25, -0.2) is 13.4 Å². The summed E-state index contributed by atoms with van der Waals surface area (Å²) < 4.78 is 25.3. The highest BCUT2D eigenvalue weighted by molar-refractivity contribution is 7.91. The van der Waals surface area contributed by atoms with E-state index in [1.807, 2.05) is 18.5 Å². The van der Waals surface area contributed by atoms with E-state index in [1.54, 1.807) is 25.1 Å². The first-order valence-corrected chi connectivity index (χ1v) is 6.77. The normalized spacial score (nSPS) is 12.2. The van der Waals surface area contributed by atoms with Crippen LogP contribution in [0.25, 0.3) is 11.0 Å². The van der Waals surface area contributed by atoms with Crippen LogP contribution in [0.5, 0.6) is 0 Å². The SMILES string of the molecule is CCS(=O)(=O)c1ccc2c(c1)nc(C)n2C. The number of aryl methyl sites for hydroxylation is 2. The Balaban J connectivity index is 2.71. The minimum absolute atomic E-state index is 0.115. The van der Waals surface area contributed by atoms with Crippen LogP contribution >= 0.6 is 0 Å². The number of nitrogens with zero attached hydrogens (tertiary/aromatic N) is 2. The molecule has 0 aliphatic heterocycles. The van der Waals surface area contributed by atoms with Gasteiger partial charge in [-0.1, -0.05) is 6.92 Å². The average Bonchev–Trinajstić information content (AvgIpc) is 2.54. The largest absolute Gasteiger partial charge is 0.331 e. The van der Waals surface area contributed by atoms with E-state index in [-0.39, 0.29) is 5.75 Å². The third kappa shape index (κ3) is 1.61. The molecule has 0 unspecified atom stereocenters. The van der Waals surface area contributed by atoms with Gasteiger partial charge in [-0.2, -0.15) is 0 Å². The summed E-state index contributed by atoms with van der Waals surface area (Å²) in [5.41, 5.74) is 1.68. The lowest BCUT2D eigenvalue weighted by Crippen LogP contribution is -2.03. The molecule has 0 bridgehead atoms. The van der Waals surface area contributed by atoms with E-state index in [0.717, 1.165) is 16.9 Å². The summed E-state index contributed by atoms with van der Waals surface area (Å²) in [5.74, 6) is 0.991. The van der Waals surface area contributed by atoms with Crippen LogP contribution in [0.15, 0.2) is 23.1 Å². The monoisotopic (exact) mass is 238 g/mol. The average molecular weight is 238 g/mol. The fourth-order valence-electron chi connectivity index (χ4n) is 1.66. The van der Waals surface area contributed by atoms with Gasteiger partial charge in [-0.05, 0) is 25.1 Å². The van der Waals surface area contributed by atoms with Crippen molar-refractivity contribution < 1.29 is 8.42 Å². The molecule has 0 fully saturated rings. The van der Waals surface area contributed by atoms with Gasteiger partial charge in [-0.3, -0.25) is 0 Å². The molecule has 0 saturated carbocycles. The molecule has 4 nitrogen and oxygen atoms in total. The molecular formula is C11H14N2O2S. The minimum atomic E-state index is -3.14. The Morgan fingerprint density at radius 2 is 2.06 bits per heavy atom. The van der Waals surface area contributed by atoms with E-state index in [0.29, 0.717) is 4.90 Å². The maximum atomic E-state index is 11.7. The zero-order valence-corrected chi connectivity index (χ0v) is 10.4. The number of hydrogen-bond acceptors (Lipinski definition) is 3. The number of hydrogen-bond donors (Lipinski definition) is 0. The molecule has 0 radical (unpaired) electrons. The van der Waals surface area contributed by atoms with Gasteiger partial charge >= 0.3 is 0 Å². The highest BCUT2D eigenvalue weighted by Crippen LogP contribution is 2.19. The Hall–Kier alpha value is -1.36. The zero-order chi connectivity index (χ0) is 11.9. The smallest absolute Gasteiger partial charge is 0.178 e. The van der Waals surface area contributed by atoms with Crippen LogP contribution in [0.4, 0.5) is 0 Å². The fourth-order valence-corrected chi connectivity index (χ4v) is 2.56. The number of imidazole rings is 1. The summed E-state index contributed by atoms with van der Waals surface area (Å²) in [6.07, 6.45) is 0. The number of sulfone groups is 1. The molecule has 0 aliphatic carbocycles. The van der Waals surface area contributed by atoms with Crippen LogP contribution in [-0.4, -0.2) is 23.7 Å². The lowest BCUT2D eigenvalue weighted by atomic mass is 10.3. The van der Waals surface area contributed by atoms with E-state index in [1.165, 1.54) is 0 Å². The topological polar surface area (TPSA) is 52.0 Å². The molecular weight excluding hydrogens is 224 g/mol. The highest BCUT2D eigenvalue weighted by Gasteiger charge is 2.13. The zero-order valence-electron chi connectivity index (χ0n) is 9.56. The van der Waals surface area contributed by atoms with Crippen LogP contribution in [-0.2, 0) is 16.9 Å². The van der Waals surface area contributed by atoms with Crippen molar-refractivity contribution in [2.24, 2.45) is 7.05 Å². The molecule has 86 valence electrons. The predicted molar refractivity (Wildman–Crippen MR) is 63.2 cm³/mol. The molecule has 0 atom stereocenters. The molecule has 1 aromatic carbocycles. The predicted octanol–water partition coefficient (Wildman–Crippen LogP) is 1.68. The summed E-state index contributed by atoms with van der Waals surface area (Å²) in [5, 5.41) is 0. The van der Waals surface area contributed by atoms with Gasteiger partial charge in [0.1, 0.15) is 5.82 Å². The van der Waals surface area contributed by atoms with E-state index < -0.39 is 9.84 Å². The molecule has 2 aromatic rings. The van der Waals surface area contributed by atoms with E-state index in [4.69, 9.17) is 0 Å². The van der Waals surface area contributed by atoms with Crippen LogP contribution in [0, 0.1) is 6.92 Å². The molecule has 0 amide bonds. The van der Waals surface area contributed by atoms with Crippen molar-refractivity contribution in [2.75, 3.05) is 5.75 Å². The third-order valence-electron chi connectivity index (χ3n) is 2.82. The van der Waals surface area contributed by atoms with Gasteiger partial charge in [0.2, 0.25) is 0 Å². The highest BCUT2D eigenvalue weighted by atomic mass is 32.2. The molecule has 1 aromatic heterocycles. The number of benzene rings is 1. The number of fused-ring (bicyclic) bond motifs is 1. The Morgan fingerprint density at radius 3 is 2.69 bits per heavy atom. The van der Waals surface area contributed by atoms with Crippen molar-refractivity contribution in [3.05, 3.63) is 24.0 Å². The summed E-state index contributed by atoms with van der Waals surface area (Å²) in [4.78, 5) is 4.67. The summed E-state index contributed by atoms with van der Waals surface area (Å²) >= 11 is 0. The van der Waals surface area contributed by atoms with Crippen LogP contribution < -0.4 is 0 Å². The Morgan fingerprint density at radius 1 is 1.38 bits per heavy atom. The van der Waals surface area contributed by atoms with Gasteiger partial charge < -0.3 is 4.57 Å². The van der Waals surface area contributed by atoms with E-state index in [9.17, 15) is 8.42 Å². The maximum absolute atomic E-state index is 11.7. The van der Waals surface area contributed by atoms with Crippen molar-refractivity contribution in [2.45, 2.75) is 18.7 Å². The molecule has 5 heteroatoms. The lowest BCUT2D eigenvalue weighted by molar-refractivity contribution is 0.597. The van der Waals surface area contributed by atoms with Crippen molar-refractivity contribution in [1.82, 2.24) is 9.55 Å². The Labute approximate surface area is 94.8 Å². The quantitative estimate of drug-likeness (QED) is 0.799. The number of aromatic nitrogens is 2. The summed E-state index contributed by atoms with van der Waals surface area (Å²) in [7, 11) is -1.23. The van der Waals surface area contributed by atoms with Gasteiger partial charge in [0, 0.05) is 7.05 Å². The van der Waals surface area contributed by atoms with Gasteiger partial charge in [0.15, 0.2) is 9.84 Å². The maximum Gasteiger partial charge on any atom is 0.178 e. The Kier molecular flexibility index (Phi) is 2.50. The first kappa shape index (κ1) is 11.1. The van der Waals surface area contributed by atoms with Crippen molar-refractivity contribution in [3.8, 4) is 0 Å². The van der Waals surface area contributed by atoms with Crippen molar-refractivity contribution in [1.29, 1.82) is 0 Å². The Bertz CT molecular complexity index is 641. The fraction of sp³-hybridized carbons (Fsp3) is 0.364.